The van der Waals surface area contributed by atoms with Crippen molar-refractivity contribution < 1.29 is 14.9 Å². The van der Waals surface area contributed by atoms with Crippen LogP contribution in [0.25, 0.3) is 0 Å². The Labute approximate surface area is 169 Å². The lowest BCUT2D eigenvalue weighted by molar-refractivity contribution is -0.0184. The van der Waals surface area contributed by atoms with E-state index in [0.29, 0.717) is 41.3 Å². The van der Waals surface area contributed by atoms with Crippen molar-refractivity contribution in [3.05, 3.63) is 23.3 Å². The first-order valence-electron chi connectivity index (χ1n) is 10.9. The molecule has 1 aromatic carbocycles. The number of fused-ring (bicyclic) bond motifs is 5. The van der Waals surface area contributed by atoms with Crippen molar-refractivity contribution in [3.8, 4) is 23.8 Å². The van der Waals surface area contributed by atoms with Crippen LogP contribution in [0, 0.1) is 41.4 Å². The second-order valence-electron chi connectivity index (χ2n) is 9.70. The smallest absolute Gasteiger partial charge is 0.160 e. The lowest BCUT2D eigenvalue weighted by Gasteiger charge is -2.52. The average molecular weight is 383 g/mol. The van der Waals surface area contributed by atoms with E-state index in [-0.39, 0.29) is 17.8 Å². The summed E-state index contributed by atoms with van der Waals surface area (Å²) in [6.45, 7) is 4.69. The number of benzene rings is 1. The summed E-state index contributed by atoms with van der Waals surface area (Å²) in [7, 11) is 1.63. The summed E-state index contributed by atoms with van der Waals surface area (Å²) in [5.41, 5.74) is 3.00. The molecule has 0 bridgehead atoms. The molecule has 0 aliphatic heterocycles. The molecule has 7 atom stereocenters. The van der Waals surface area contributed by atoms with Crippen LogP contribution in [0.15, 0.2) is 12.1 Å². The molecule has 0 aromatic heterocycles. The third-order valence-electron chi connectivity index (χ3n) is 8.67. The van der Waals surface area contributed by atoms with Gasteiger partial charge < -0.3 is 14.9 Å². The summed E-state index contributed by atoms with van der Waals surface area (Å²) in [5, 5.41) is 20.7. The quantitative estimate of drug-likeness (QED) is 0.729. The molecule has 28 heavy (non-hydrogen) atoms. The van der Waals surface area contributed by atoms with Crippen LogP contribution >= 0.6 is 0 Å². The Hall–Kier alpha value is -1.66. The predicted molar refractivity (Wildman–Crippen MR) is 111 cm³/mol. The standard InChI is InChI=1S/C25H34O3/c1-5-6-22(26)15(2)20-9-10-21-18-8-7-16-13-23(27)24(28-4)14-19(16)17(18)11-12-25(20,21)3/h1,13-15,17-18,20-22,26-27H,6-12H2,2-4H3/t15-,17-,18+,20+,21-,22?,25+/m0/s1. The number of rotatable bonds is 4. The highest BCUT2D eigenvalue weighted by molar-refractivity contribution is 5.49. The third kappa shape index (κ3) is 2.92. The molecule has 0 saturated heterocycles. The van der Waals surface area contributed by atoms with Gasteiger partial charge in [-0.25, -0.2) is 0 Å². The molecule has 2 saturated carbocycles. The Bertz CT molecular complexity index is 779. The maximum Gasteiger partial charge on any atom is 0.160 e. The summed E-state index contributed by atoms with van der Waals surface area (Å²) < 4.78 is 5.40. The first-order valence-corrected chi connectivity index (χ1v) is 10.9. The fourth-order valence-electron chi connectivity index (χ4n) is 7.23. The van der Waals surface area contributed by atoms with E-state index in [1.807, 2.05) is 6.07 Å². The molecule has 3 aliphatic carbocycles. The first kappa shape index (κ1) is 19.6. The van der Waals surface area contributed by atoms with Gasteiger partial charge in [-0.1, -0.05) is 13.8 Å². The second-order valence-corrected chi connectivity index (χ2v) is 9.70. The molecular weight excluding hydrogens is 348 g/mol. The van der Waals surface area contributed by atoms with Gasteiger partial charge >= 0.3 is 0 Å². The number of hydrogen-bond acceptors (Lipinski definition) is 3. The summed E-state index contributed by atoms with van der Waals surface area (Å²) >= 11 is 0. The minimum absolute atomic E-state index is 0.260. The molecule has 1 unspecified atom stereocenters. The third-order valence-corrected chi connectivity index (χ3v) is 8.67. The van der Waals surface area contributed by atoms with E-state index >= 15 is 0 Å². The number of phenolic OH excluding ortho intramolecular Hbond substituents is 1. The second kappa shape index (κ2) is 7.30. The molecular formula is C25H34O3. The van der Waals surface area contributed by atoms with Crippen molar-refractivity contribution in [2.75, 3.05) is 7.11 Å². The van der Waals surface area contributed by atoms with E-state index in [2.05, 4.69) is 25.8 Å². The molecule has 1 aromatic rings. The minimum Gasteiger partial charge on any atom is -0.504 e. The maximum atomic E-state index is 10.5. The minimum atomic E-state index is -0.386. The number of aryl methyl sites for hydroxylation is 1. The monoisotopic (exact) mass is 382 g/mol. The van der Waals surface area contributed by atoms with Crippen molar-refractivity contribution in [2.45, 2.75) is 70.8 Å². The van der Waals surface area contributed by atoms with E-state index in [1.165, 1.54) is 43.2 Å². The fourth-order valence-corrected chi connectivity index (χ4v) is 7.23. The Morgan fingerprint density at radius 3 is 2.79 bits per heavy atom. The molecule has 4 rings (SSSR count). The lowest BCUT2D eigenvalue weighted by Crippen LogP contribution is -2.45. The van der Waals surface area contributed by atoms with Gasteiger partial charge in [-0.05, 0) is 96.8 Å². The molecule has 3 nitrogen and oxygen atoms in total. The number of phenols is 1. The Morgan fingerprint density at radius 1 is 1.29 bits per heavy atom. The van der Waals surface area contributed by atoms with E-state index in [9.17, 15) is 10.2 Å². The summed E-state index contributed by atoms with van der Waals surface area (Å²) in [4.78, 5) is 0. The molecule has 0 spiro atoms. The zero-order valence-electron chi connectivity index (χ0n) is 17.4. The van der Waals surface area contributed by atoms with Crippen LogP contribution in [0.5, 0.6) is 11.5 Å². The summed E-state index contributed by atoms with van der Waals surface area (Å²) in [6.07, 6.45) is 12.6. The van der Waals surface area contributed by atoms with Crippen molar-refractivity contribution >= 4 is 0 Å². The van der Waals surface area contributed by atoms with Crippen LogP contribution in [0.2, 0.25) is 0 Å². The van der Waals surface area contributed by atoms with Gasteiger partial charge in [0, 0.05) is 6.42 Å². The number of aliphatic hydroxyl groups is 1. The number of aromatic hydroxyl groups is 1. The van der Waals surface area contributed by atoms with Crippen molar-refractivity contribution in [1.82, 2.24) is 0 Å². The summed E-state index contributed by atoms with van der Waals surface area (Å²) in [6, 6.07) is 4.02. The molecule has 3 heteroatoms. The Balaban J connectivity index is 1.61. The molecule has 0 radical (unpaired) electrons. The van der Waals surface area contributed by atoms with Crippen LogP contribution in [0.3, 0.4) is 0 Å². The number of terminal acetylenes is 1. The number of hydrogen-bond donors (Lipinski definition) is 2. The largest absolute Gasteiger partial charge is 0.504 e. The van der Waals surface area contributed by atoms with Gasteiger partial charge in [0.1, 0.15) is 0 Å². The van der Waals surface area contributed by atoms with Gasteiger partial charge in [0.25, 0.3) is 0 Å². The van der Waals surface area contributed by atoms with Crippen molar-refractivity contribution in [3.63, 3.8) is 0 Å². The number of aliphatic hydroxyl groups excluding tert-OH is 1. The van der Waals surface area contributed by atoms with Gasteiger partial charge in [-0.15, -0.1) is 12.3 Å². The molecule has 2 fully saturated rings. The van der Waals surface area contributed by atoms with E-state index in [4.69, 9.17) is 11.2 Å². The van der Waals surface area contributed by atoms with Crippen LogP contribution in [0.1, 0.15) is 69.4 Å². The van der Waals surface area contributed by atoms with Gasteiger partial charge in [0.05, 0.1) is 13.2 Å². The average Bonchev–Trinajstić information content (AvgIpc) is 3.04. The molecule has 3 aliphatic rings. The van der Waals surface area contributed by atoms with Crippen LogP contribution in [0.4, 0.5) is 0 Å². The van der Waals surface area contributed by atoms with Crippen molar-refractivity contribution in [1.29, 1.82) is 0 Å². The number of methoxy groups -OCH3 is 1. The van der Waals surface area contributed by atoms with Crippen molar-refractivity contribution in [2.24, 2.45) is 29.1 Å². The van der Waals surface area contributed by atoms with Crippen LogP contribution in [-0.2, 0) is 6.42 Å². The lowest BCUT2D eigenvalue weighted by atomic mass is 9.53. The van der Waals surface area contributed by atoms with Gasteiger partial charge in [0.2, 0.25) is 0 Å². The molecule has 152 valence electrons. The molecule has 0 amide bonds. The van der Waals surface area contributed by atoms with Crippen LogP contribution < -0.4 is 4.74 Å². The highest BCUT2D eigenvalue weighted by Crippen LogP contribution is 2.64. The van der Waals surface area contributed by atoms with Crippen LogP contribution in [-0.4, -0.2) is 23.4 Å². The predicted octanol–water partition coefficient (Wildman–Crippen LogP) is 4.89. The van der Waals surface area contributed by atoms with E-state index in [0.717, 1.165) is 6.42 Å². The van der Waals surface area contributed by atoms with E-state index in [1.54, 1.807) is 7.11 Å². The molecule has 2 N–H and O–H groups in total. The maximum absolute atomic E-state index is 10.5. The highest BCUT2D eigenvalue weighted by atomic mass is 16.5. The number of ether oxygens (including phenoxy) is 1. The normalized spacial score (nSPS) is 35.8. The zero-order chi connectivity index (χ0) is 20.1. The van der Waals surface area contributed by atoms with Gasteiger partial charge in [-0.3, -0.25) is 0 Å². The van der Waals surface area contributed by atoms with Gasteiger partial charge in [-0.2, -0.15) is 0 Å². The van der Waals surface area contributed by atoms with Gasteiger partial charge in [0.15, 0.2) is 11.5 Å². The topological polar surface area (TPSA) is 49.7 Å². The Morgan fingerprint density at radius 2 is 2.07 bits per heavy atom. The first-order chi connectivity index (χ1) is 13.4. The summed E-state index contributed by atoms with van der Waals surface area (Å²) in [5.74, 6) is 6.30. The van der Waals surface area contributed by atoms with E-state index < -0.39 is 0 Å². The highest BCUT2D eigenvalue weighted by Gasteiger charge is 2.56. The fraction of sp³-hybridized carbons (Fsp3) is 0.680. The SMILES string of the molecule is C#CCC(O)[C@@H](C)[C@H]1CC[C@H]2[C@@H]3CCc4cc(O)c(OC)cc4[C@H]3CC[C@]12C. The molecule has 0 heterocycles. The zero-order valence-corrected chi connectivity index (χ0v) is 17.4. The Kier molecular flexibility index (Phi) is 5.12.